The number of aromatic nitrogens is 2. The summed E-state index contributed by atoms with van der Waals surface area (Å²) in [5.41, 5.74) is 5.78. The number of nitrogens with zero attached hydrogens (tertiary/aromatic N) is 2. The first kappa shape index (κ1) is 28.8. The zero-order chi connectivity index (χ0) is 29.1. The predicted molar refractivity (Wildman–Crippen MR) is 157 cm³/mol. The van der Waals surface area contributed by atoms with Gasteiger partial charge >= 0.3 is 0 Å². The Morgan fingerprint density at radius 1 is 0.900 bits per heavy atom. The summed E-state index contributed by atoms with van der Waals surface area (Å²) in [5.74, 6) is -0.301. The summed E-state index contributed by atoms with van der Waals surface area (Å²) in [6.07, 6.45) is 0. The first-order valence-electron chi connectivity index (χ1n) is 12.9. The molecule has 0 unspecified atom stereocenters. The number of ether oxygens (including phenoxy) is 1. The zero-order valence-corrected chi connectivity index (χ0v) is 24.4. The molecule has 1 amide bonds. The van der Waals surface area contributed by atoms with Gasteiger partial charge in [-0.1, -0.05) is 69.3 Å². The molecule has 0 atom stereocenters. The highest BCUT2D eigenvalue weighted by molar-refractivity contribution is 7.92. The highest BCUT2D eigenvalue weighted by Gasteiger charge is 2.20. The van der Waals surface area contributed by atoms with Crippen LogP contribution in [0.3, 0.4) is 0 Å². The summed E-state index contributed by atoms with van der Waals surface area (Å²) in [6, 6.07) is 21.5. The number of hydrogen-bond acceptors (Lipinski definition) is 6. The maximum atomic E-state index is 13.3. The van der Waals surface area contributed by atoms with E-state index in [9.17, 15) is 13.2 Å². The van der Waals surface area contributed by atoms with E-state index in [4.69, 9.17) is 4.74 Å². The number of sulfonamides is 1. The number of benzene rings is 3. The molecule has 1 aromatic heterocycles. The molecule has 0 spiro atoms. The Hall–Kier alpha value is -4.24. The van der Waals surface area contributed by atoms with Gasteiger partial charge in [0, 0.05) is 24.2 Å². The lowest BCUT2D eigenvalue weighted by Crippen LogP contribution is -2.20. The third kappa shape index (κ3) is 6.66. The number of hydrogen-bond donors (Lipinski definition) is 2. The van der Waals surface area contributed by atoms with Gasteiger partial charge in [-0.15, -0.1) is 0 Å². The second kappa shape index (κ2) is 11.5. The Kier molecular flexibility index (Phi) is 8.25. The largest absolute Gasteiger partial charge is 0.473 e. The number of aryl methyl sites for hydroxylation is 2. The van der Waals surface area contributed by atoms with E-state index in [0.717, 1.165) is 22.3 Å². The molecule has 2 N–H and O–H groups in total. The van der Waals surface area contributed by atoms with Crippen LogP contribution in [0, 0.1) is 13.8 Å². The van der Waals surface area contributed by atoms with E-state index in [-0.39, 0.29) is 34.3 Å². The normalized spacial score (nSPS) is 11.7. The molecular formula is C31H34N4O4S. The lowest BCUT2D eigenvalue weighted by molar-refractivity contribution is 0.0963. The van der Waals surface area contributed by atoms with Gasteiger partial charge in [0.1, 0.15) is 6.61 Å². The van der Waals surface area contributed by atoms with Gasteiger partial charge in [-0.2, -0.15) is 4.98 Å². The van der Waals surface area contributed by atoms with E-state index < -0.39 is 15.9 Å². The summed E-state index contributed by atoms with van der Waals surface area (Å²) in [4.78, 5) is 20.9. The van der Waals surface area contributed by atoms with Crippen LogP contribution in [0.4, 0.5) is 5.95 Å². The molecule has 0 radical (unpaired) electrons. The molecule has 0 saturated heterocycles. The van der Waals surface area contributed by atoms with Crippen LogP contribution < -0.4 is 14.8 Å². The van der Waals surface area contributed by atoms with E-state index >= 15 is 0 Å². The van der Waals surface area contributed by atoms with Gasteiger partial charge in [-0.3, -0.25) is 4.79 Å². The molecule has 8 nitrogen and oxygen atoms in total. The first-order valence-corrected chi connectivity index (χ1v) is 14.4. The van der Waals surface area contributed by atoms with Crippen LogP contribution in [0.15, 0.2) is 77.7 Å². The molecule has 1 heterocycles. The van der Waals surface area contributed by atoms with Crippen molar-refractivity contribution in [3.8, 4) is 17.1 Å². The van der Waals surface area contributed by atoms with Crippen LogP contribution in [0.5, 0.6) is 5.88 Å². The maximum absolute atomic E-state index is 13.3. The van der Waals surface area contributed by atoms with Crippen LogP contribution in [-0.2, 0) is 22.0 Å². The second-order valence-electron chi connectivity index (χ2n) is 10.6. The number of rotatable bonds is 8. The van der Waals surface area contributed by atoms with Gasteiger partial charge in [-0.25, -0.2) is 18.1 Å². The van der Waals surface area contributed by atoms with Crippen molar-refractivity contribution >= 4 is 21.9 Å². The number of nitrogens with one attached hydrogen (secondary N) is 2. The van der Waals surface area contributed by atoms with Gasteiger partial charge in [0.25, 0.3) is 15.9 Å². The average Bonchev–Trinajstić information content (AvgIpc) is 2.91. The van der Waals surface area contributed by atoms with Crippen molar-refractivity contribution in [3.63, 3.8) is 0 Å². The summed E-state index contributed by atoms with van der Waals surface area (Å²) < 4.78 is 35.1. The molecule has 4 aromatic rings. The smallest absolute Gasteiger partial charge is 0.264 e. The van der Waals surface area contributed by atoms with Crippen molar-refractivity contribution < 1.29 is 17.9 Å². The summed E-state index contributed by atoms with van der Waals surface area (Å²) in [6.45, 7) is 10.7. The van der Waals surface area contributed by atoms with E-state index in [1.807, 2.05) is 44.2 Å². The molecule has 208 valence electrons. The standard InChI is InChI=1S/C31H34N4O4S/c1-20-9-7-10-21(2)28(20)26-18-27(39-19-22-13-15-24(16-14-22)31(3,4)5)34-30(33-26)35-40(37,38)25-12-8-11-23(17-25)29(36)32-6/h7-18H,19H2,1-6H3,(H,32,36)(H,33,34,35). The topological polar surface area (TPSA) is 110 Å². The van der Waals surface area contributed by atoms with Crippen molar-refractivity contribution in [2.45, 2.75) is 51.5 Å². The molecule has 0 saturated carbocycles. The molecule has 0 aliphatic carbocycles. The second-order valence-corrected chi connectivity index (χ2v) is 12.3. The van der Waals surface area contributed by atoms with Crippen molar-refractivity contribution in [1.82, 2.24) is 15.3 Å². The van der Waals surface area contributed by atoms with E-state index in [2.05, 4.69) is 52.9 Å². The van der Waals surface area contributed by atoms with Crippen molar-refractivity contribution in [2.75, 3.05) is 11.8 Å². The fourth-order valence-electron chi connectivity index (χ4n) is 4.28. The SMILES string of the molecule is CNC(=O)c1cccc(S(=O)(=O)Nc2nc(OCc3ccc(C(C)(C)C)cc3)cc(-c3c(C)cccc3C)n2)c1. The Morgan fingerprint density at radius 3 is 2.17 bits per heavy atom. The van der Waals surface area contributed by atoms with Crippen LogP contribution in [0.2, 0.25) is 0 Å². The maximum Gasteiger partial charge on any atom is 0.264 e. The minimum Gasteiger partial charge on any atom is -0.473 e. The molecule has 40 heavy (non-hydrogen) atoms. The number of carbonyl (C=O) groups excluding carboxylic acids is 1. The molecule has 9 heteroatoms. The molecule has 0 bridgehead atoms. The van der Waals surface area contributed by atoms with Gasteiger partial charge < -0.3 is 10.1 Å². The Labute approximate surface area is 235 Å². The Bertz CT molecular complexity index is 1620. The van der Waals surface area contributed by atoms with Gasteiger partial charge in [0.05, 0.1) is 10.6 Å². The minimum atomic E-state index is -4.11. The third-order valence-electron chi connectivity index (χ3n) is 6.51. The quantitative estimate of drug-likeness (QED) is 0.283. The number of carbonyl (C=O) groups is 1. The highest BCUT2D eigenvalue weighted by atomic mass is 32.2. The monoisotopic (exact) mass is 558 g/mol. The van der Waals surface area contributed by atoms with Crippen LogP contribution in [-0.4, -0.2) is 31.3 Å². The number of amides is 1. The summed E-state index contributed by atoms with van der Waals surface area (Å²) in [7, 11) is -2.63. The molecule has 0 fully saturated rings. The average molecular weight is 559 g/mol. The van der Waals surface area contributed by atoms with Gasteiger partial charge in [-0.05, 0) is 59.7 Å². The van der Waals surface area contributed by atoms with Crippen LogP contribution in [0.25, 0.3) is 11.3 Å². The summed E-state index contributed by atoms with van der Waals surface area (Å²) >= 11 is 0. The fraction of sp³-hybridized carbons (Fsp3) is 0.258. The van der Waals surface area contributed by atoms with Crippen LogP contribution in [0.1, 0.15) is 53.4 Å². The third-order valence-corrected chi connectivity index (χ3v) is 7.83. The molecule has 0 aliphatic heterocycles. The number of anilines is 1. The lowest BCUT2D eigenvalue weighted by Gasteiger charge is -2.19. The summed E-state index contributed by atoms with van der Waals surface area (Å²) in [5, 5.41) is 2.50. The molecule has 0 aliphatic rings. The van der Waals surface area contributed by atoms with Crippen molar-refractivity contribution in [3.05, 3.63) is 101 Å². The minimum absolute atomic E-state index is 0.0399. The van der Waals surface area contributed by atoms with Gasteiger partial charge in [0.2, 0.25) is 11.8 Å². The fourth-order valence-corrected chi connectivity index (χ4v) is 5.27. The van der Waals surface area contributed by atoms with Gasteiger partial charge in [0.15, 0.2) is 0 Å². The first-order chi connectivity index (χ1) is 18.9. The highest BCUT2D eigenvalue weighted by Crippen LogP contribution is 2.30. The van der Waals surface area contributed by atoms with E-state index in [1.165, 1.54) is 36.9 Å². The zero-order valence-electron chi connectivity index (χ0n) is 23.6. The van der Waals surface area contributed by atoms with E-state index in [1.54, 1.807) is 6.07 Å². The molecular weight excluding hydrogens is 524 g/mol. The van der Waals surface area contributed by atoms with E-state index in [0.29, 0.717) is 5.69 Å². The van der Waals surface area contributed by atoms with Crippen molar-refractivity contribution in [1.29, 1.82) is 0 Å². The molecule has 3 aromatic carbocycles. The predicted octanol–water partition coefficient (Wildman–Crippen LogP) is 5.80. The Morgan fingerprint density at radius 2 is 1.55 bits per heavy atom. The van der Waals surface area contributed by atoms with Crippen LogP contribution >= 0.6 is 0 Å². The van der Waals surface area contributed by atoms with Crippen molar-refractivity contribution in [2.24, 2.45) is 0 Å². The Balaban J connectivity index is 1.69. The lowest BCUT2D eigenvalue weighted by atomic mass is 9.87. The molecule has 4 rings (SSSR count).